The predicted molar refractivity (Wildman–Crippen MR) is 89.0 cm³/mol. The third kappa shape index (κ3) is 5.74. The molecule has 4 nitrogen and oxygen atoms in total. The van der Waals surface area contributed by atoms with Crippen LogP contribution in [0.5, 0.6) is 5.75 Å². The van der Waals surface area contributed by atoms with E-state index in [4.69, 9.17) is 0 Å². The highest BCUT2D eigenvalue weighted by Gasteiger charge is 2.22. The summed E-state index contributed by atoms with van der Waals surface area (Å²) in [6, 6.07) is 6.56. The Balaban J connectivity index is 1.83. The lowest BCUT2D eigenvalue weighted by atomic mass is 9.95. The van der Waals surface area contributed by atoms with Crippen molar-refractivity contribution < 1.29 is 18.3 Å². The minimum atomic E-state index is -2.82. The van der Waals surface area contributed by atoms with E-state index in [-0.39, 0.29) is 17.7 Å². The summed E-state index contributed by atoms with van der Waals surface area (Å²) >= 11 is 0. The van der Waals surface area contributed by atoms with Crippen molar-refractivity contribution in [2.24, 2.45) is 0 Å². The topological polar surface area (TPSA) is 41.6 Å². The Morgan fingerprint density at radius 1 is 1.25 bits per heavy atom. The van der Waals surface area contributed by atoms with Crippen molar-refractivity contribution >= 4 is 5.91 Å². The molecular formula is C18H26F2N2O2. The molecule has 2 rings (SSSR count). The molecule has 1 aliphatic carbocycles. The van der Waals surface area contributed by atoms with Crippen LogP contribution in [0.1, 0.15) is 44.6 Å². The number of hydrogen-bond acceptors (Lipinski definition) is 3. The van der Waals surface area contributed by atoms with Gasteiger partial charge in [-0.1, -0.05) is 31.4 Å². The second-order valence-electron chi connectivity index (χ2n) is 6.46. The molecule has 1 aromatic rings. The van der Waals surface area contributed by atoms with Crippen molar-refractivity contribution in [2.75, 3.05) is 7.05 Å². The summed E-state index contributed by atoms with van der Waals surface area (Å²) in [4.78, 5) is 14.3. The van der Waals surface area contributed by atoms with Crippen LogP contribution in [-0.4, -0.2) is 36.5 Å². The Labute approximate surface area is 142 Å². The molecule has 1 aliphatic rings. The highest BCUT2D eigenvalue weighted by atomic mass is 19.3. The predicted octanol–water partition coefficient (Wildman–Crippen LogP) is 3.56. The van der Waals surface area contributed by atoms with Gasteiger partial charge in [0.25, 0.3) is 0 Å². The van der Waals surface area contributed by atoms with Crippen molar-refractivity contribution in [1.29, 1.82) is 0 Å². The van der Waals surface area contributed by atoms with Crippen molar-refractivity contribution in [1.82, 2.24) is 10.2 Å². The molecular weight excluding hydrogens is 314 g/mol. The van der Waals surface area contributed by atoms with Crippen LogP contribution in [0.15, 0.2) is 24.3 Å². The molecule has 0 spiro atoms. The summed E-state index contributed by atoms with van der Waals surface area (Å²) in [6.45, 7) is -0.372. The molecule has 1 saturated carbocycles. The largest absolute Gasteiger partial charge is 0.435 e. The number of ether oxygens (including phenoxy) is 1. The maximum Gasteiger partial charge on any atom is 0.387 e. The normalized spacial score (nSPS) is 17.1. The molecule has 1 amide bonds. The Hall–Kier alpha value is -1.69. The molecule has 1 N–H and O–H groups in total. The second-order valence-corrected chi connectivity index (χ2v) is 6.46. The molecule has 0 radical (unpaired) electrons. The van der Waals surface area contributed by atoms with Gasteiger partial charge < -0.3 is 10.1 Å². The van der Waals surface area contributed by atoms with Crippen LogP contribution in [0.2, 0.25) is 0 Å². The summed E-state index contributed by atoms with van der Waals surface area (Å²) < 4.78 is 28.6. The van der Waals surface area contributed by atoms with Gasteiger partial charge in [-0.2, -0.15) is 8.78 Å². The Bertz CT molecular complexity index is 516. The second kappa shape index (κ2) is 8.97. The highest BCUT2D eigenvalue weighted by Crippen LogP contribution is 2.18. The van der Waals surface area contributed by atoms with Crippen molar-refractivity contribution in [3.8, 4) is 5.75 Å². The molecule has 0 bridgehead atoms. The summed E-state index contributed by atoms with van der Waals surface area (Å²) in [6.07, 6.45) is 5.75. The number of alkyl halides is 2. The number of nitrogens with one attached hydrogen (secondary N) is 1. The summed E-state index contributed by atoms with van der Waals surface area (Å²) in [5.74, 6) is 0.182. The first-order chi connectivity index (χ1) is 11.5. The molecule has 1 unspecified atom stereocenters. The minimum Gasteiger partial charge on any atom is -0.435 e. The van der Waals surface area contributed by atoms with E-state index in [1.165, 1.54) is 31.4 Å². The standard InChI is InChI=1S/C18H26F2N2O2/c1-13(17(23)21-15-6-4-3-5-7-15)22(2)12-14-8-10-16(11-9-14)24-18(19)20/h8-11,13,15,18H,3-7,12H2,1-2H3,(H,21,23). The smallest absolute Gasteiger partial charge is 0.387 e. The molecule has 0 aromatic heterocycles. The first-order valence-electron chi connectivity index (χ1n) is 8.50. The Morgan fingerprint density at radius 2 is 1.88 bits per heavy atom. The van der Waals surface area contributed by atoms with Gasteiger partial charge >= 0.3 is 6.61 Å². The lowest BCUT2D eigenvalue weighted by molar-refractivity contribution is -0.126. The van der Waals surface area contributed by atoms with Crippen LogP contribution >= 0.6 is 0 Å². The SMILES string of the molecule is CC(C(=O)NC1CCCCC1)N(C)Cc1ccc(OC(F)F)cc1. The third-order valence-electron chi connectivity index (χ3n) is 4.57. The number of nitrogens with zero attached hydrogens (tertiary/aromatic N) is 1. The zero-order valence-electron chi connectivity index (χ0n) is 14.3. The van der Waals surface area contributed by atoms with E-state index >= 15 is 0 Å². The van der Waals surface area contributed by atoms with Crippen LogP contribution in [0.25, 0.3) is 0 Å². The van der Waals surface area contributed by atoms with E-state index < -0.39 is 6.61 Å². The van der Waals surface area contributed by atoms with Crippen LogP contribution in [0.4, 0.5) is 8.78 Å². The molecule has 0 saturated heterocycles. The summed E-state index contributed by atoms with van der Waals surface area (Å²) in [7, 11) is 1.88. The number of carbonyl (C=O) groups is 1. The van der Waals surface area contributed by atoms with Gasteiger partial charge in [0, 0.05) is 12.6 Å². The molecule has 24 heavy (non-hydrogen) atoms. The molecule has 134 valence electrons. The zero-order valence-corrected chi connectivity index (χ0v) is 14.3. The van der Waals surface area contributed by atoms with Crippen LogP contribution < -0.4 is 10.1 Å². The number of hydrogen-bond donors (Lipinski definition) is 1. The molecule has 1 aromatic carbocycles. The maximum absolute atomic E-state index is 12.4. The van der Waals surface area contributed by atoms with Gasteiger partial charge in [-0.15, -0.1) is 0 Å². The first-order valence-corrected chi connectivity index (χ1v) is 8.50. The van der Waals surface area contributed by atoms with E-state index in [2.05, 4.69) is 10.1 Å². The number of benzene rings is 1. The summed E-state index contributed by atoms with van der Waals surface area (Å²) in [5, 5.41) is 3.13. The number of amides is 1. The van der Waals surface area contributed by atoms with Crippen LogP contribution in [-0.2, 0) is 11.3 Å². The zero-order chi connectivity index (χ0) is 17.5. The molecule has 1 fully saturated rings. The summed E-state index contributed by atoms with van der Waals surface area (Å²) in [5.41, 5.74) is 0.941. The first kappa shape index (κ1) is 18.6. The van der Waals surface area contributed by atoms with Crippen molar-refractivity contribution in [3.63, 3.8) is 0 Å². The van der Waals surface area contributed by atoms with E-state index in [1.54, 1.807) is 12.1 Å². The minimum absolute atomic E-state index is 0.0436. The van der Waals surface area contributed by atoms with E-state index in [0.717, 1.165) is 18.4 Å². The maximum atomic E-state index is 12.4. The fourth-order valence-corrected chi connectivity index (χ4v) is 2.97. The lowest BCUT2D eigenvalue weighted by Gasteiger charge is -2.28. The number of rotatable bonds is 7. The van der Waals surface area contributed by atoms with Gasteiger partial charge in [-0.05, 0) is 44.5 Å². The molecule has 0 aliphatic heterocycles. The van der Waals surface area contributed by atoms with Crippen LogP contribution in [0, 0.1) is 0 Å². The van der Waals surface area contributed by atoms with Gasteiger partial charge in [-0.3, -0.25) is 9.69 Å². The Morgan fingerprint density at radius 3 is 2.46 bits per heavy atom. The van der Waals surface area contributed by atoms with Gasteiger partial charge in [0.2, 0.25) is 5.91 Å². The Kier molecular flexibility index (Phi) is 6.97. The van der Waals surface area contributed by atoms with Gasteiger partial charge in [0.05, 0.1) is 6.04 Å². The molecule has 6 heteroatoms. The fourth-order valence-electron chi connectivity index (χ4n) is 2.97. The third-order valence-corrected chi connectivity index (χ3v) is 4.57. The lowest BCUT2D eigenvalue weighted by Crippen LogP contribution is -2.47. The molecule has 1 atom stereocenters. The fraction of sp³-hybridized carbons (Fsp3) is 0.611. The van der Waals surface area contributed by atoms with E-state index in [0.29, 0.717) is 12.6 Å². The van der Waals surface area contributed by atoms with E-state index in [9.17, 15) is 13.6 Å². The molecule has 0 heterocycles. The van der Waals surface area contributed by atoms with Gasteiger partial charge in [-0.25, -0.2) is 0 Å². The number of halogens is 2. The number of likely N-dealkylation sites (N-methyl/N-ethyl adjacent to an activating group) is 1. The van der Waals surface area contributed by atoms with Crippen molar-refractivity contribution in [3.05, 3.63) is 29.8 Å². The average molecular weight is 340 g/mol. The van der Waals surface area contributed by atoms with Crippen molar-refractivity contribution in [2.45, 2.75) is 64.3 Å². The van der Waals surface area contributed by atoms with Crippen LogP contribution in [0.3, 0.4) is 0 Å². The van der Waals surface area contributed by atoms with Gasteiger partial charge in [0.15, 0.2) is 0 Å². The quantitative estimate of drug-likeness (QED) is 0.825. The van der Waals surface area contributed by atoms with E-state index in [1.807, 2.05) is 18.9 Å². The highest BCUT2D eigenvalue weighted by molar-refractivity contribution is 5.81. The average Bonchev–Trinajstić information content (AvgIpc) is 2.56. The monoisotopic (exact) mass is 340 g/mol. The number of carbonyl (C=O) groups excluding carboxylic acids is 1. The van der Waals surface area contributed by atoms with Gasteiger partial charge in [0.1, 0.15) is 5.75 Å².